The van der Waals surface area contributed by atoms with Crippen molar-refractivity contribution in [3.63, 3.8) is 0 Å². The number of hydrogen-bond donors (Lipinski definition) is 2. The highest BCUT2D eigenvalue weighted by Crippen LogP contribution is 2.28. The lowest BCUT2D eigenvalue weighted by atomic mass is 10.4. The van der Waals surface area contributed by atoms with Crippen molar-refractivity contribution in [2.75, 3.05) is 24.8 Å². The van der Waals surface area contributed by atoms with Gasteiger partial charge < -0.3 is 15.4 Å². The summed E-state index contributed by atoms with van der Waals surface area (Å²) in [5, 5.41) is 8.25. The number of aromatic nitrogens is 2. The first-order chi connectivity index (χ1) is 8.35. The Morgan fingerprint density at radius 3 is 2.82 bits per heavy atom. The molecule has 0 aliphatic heterocycles. The van der Waals surface area contributed by atoms with Gasteiger partial charge in [-0.2, -0.15) is 0 Å². The Hall–Kier alpha value is -1.82. The topological polar surface area (TPSA) is 59.1 Å². The molecule has 90 valence electrons. The Morgan fingerprint density at radius 1 is 1.35 bits per heavy atom. The van der Waals surface area contributed by atoms with E-state index in [0.29, 0.717) is 17.4 Å². The van der Waals surface area contributed by atoms with Crippen LogP contribution in [-0.4, -0.2) is 24.1 Å². The van der Waals surface area contributed by atoms with Gasteiger partial charge in [0, 0.05) is 11.9 Å². The second-order valence-corrected chi connectivity index (χ2v) is 4.32. The highest BCUT2D eigenvalue weighted by molar-refractivity contribution is 7.09. The van der Waals surface area contributed by atoms with Gasteiger partial charge in [-0.3, -0.25) is 0 Å². The highest BCUT2D eigenvalue weighted by atomic mass is 32.1. The van der Waals surface area contributed by atoms with Gasteiger partial charge in [0.05, 0.1) is 13.7 Å². The molecule has 2 N–H and O–H groups in total. The molecule has 0 atom stereocenters. The lowest BCUT2D eigenvalue weighted by Gasteiger charge is -2.11. The molecule has 2 aromatic heterocycles. The summed E-state index contributed by atoms with van der Waals surface area (Å²) in [4.78, 5) is 9.51. The van der Waals surface area contributed by atoms with Crippen LogP contribution in [0.3, 0.4) is 0 Å². The van der Waals surface area contributed by atoms with E-state index in [0.717, 1.165) is 6.54 Å². The zero-order valence-corrected chi connectivity index (χ0v) is 10.5. The SMILES string of the molecule is CNc1ncnc(NCc2cccs2)c1OC. The molecule has 0 saturated carbocycles. The first kappa shape index (κ1) is 11.7. The fourth-order valence-electron chi connectivity index (χ4n) is 1.46. The number of nitrogens with zero attached hydrogens (tertiary/aromatic N) is 2. The van der Waals surface area contributed by atoms with E-state index in [9.17, 15) is 0 Å². The van der Waals surface area contributed by atoms with Crippen LogP contribution in [0.15, 0.2) is 23.8 Å². The standard InChI is InChI=1S/C11H14N4OS/c1-12-10-9(16-2)11(15-7-14-10)13-6-8-4-3-5-17-8/h3-5,7H,6H2,1-2H3,(H2,12,13,14,15). The van der Waals surface area contributed by atoms with Gasteiger partial charge in [0.1, 0.15) is 6.33 Å². The molecule has 6 heteroatoms. The van der Waals surface area contributed by atoms with Crippen LogP contribution in [0.5, 0.6) is 5.75 Å². The van der Waals surface area contributed by atoms with Crippen molar-refractivity contribution in [3.05, 3.63) is 28.7 Å². The molecule has 0 saturated heterocycles. The summed E-state index contributed by atoms with van der Waals surface area (Å²) in [5.74, 6) is 2.00. The Morgan fingerprint density at radius 2 is 2.18 bits per heavy atom. The summed E-state index contributed by atoms with van der Waals surface area (Å²) in [6.07, 6.45) is 1.51. The summed E-state index contributed by atoms with van der Waals surface area (Å²) in [6.45, 7) is 0.730. The third-order valence-corrected chi connectivity index (χ3v) is 3.13. The van der Waals surface area contributed by atoms with E-state index < -0.39 is 0 Å². The number of ether oxygens (including phenoxy) is 1. The highest BCUT2D eigenvalue weighted by Gasteiger charge is 2.10. The molecule has 2 aromatic rings. The third-order valence-electron chi connectivity index (χ3n) is 2.25. The normalized spacial score (nSPS) is 10.0. The van der Waals surface area contributed by atoms with Crippen LogP contribution < -0.4 is 15.4 Å². The van der Waals surface area contributed by atoms with Gasteiger partial charge in [-0.1, -0.05) is 6.07 Å². The van der Waals surface area contributed by atoms with E-state index in [1.165, 1.54) is 11.2 Å². The molecule has 0 aromatic carbocycles. The molecule has 2 rings (SSSR count). The molecule has 0 spiro atoms. The molecule has 0 fully saturated rings. The molecule has 5 nitrogen and oxygen atoms in total. The van der Waals surface area contributed by atoms with E-state index in [-0.39, 0.29) is 0 Å². The molecule has 0 aliphatic rings. The summed E-state index contributed by atoms with van der Waals surface area (Å²) in [5.41, 5.74) is 0. The molecule has 0 unspecified atom stereocenters. The number of rotatable bonds is 5. The van der Waals surface area contributed by atoms with Gasteiger partial charge in [0.15, 0.2) is 11.6 Å². The minimum absolute atomic E-state index is 0.631. The van der Waals surface area contributed by atoms with Crippen molar-refractivity contribution < 1.29 is 4.74 Å². The van der Waals surface area contributed by atoms with Crippen molar-refractivity contribution in [2.24, 2.45) is 0 Å². The number of methoxy groups -OCH3 is 1. The minimum atomic E-state index is 0.631. The van der Waals surface area contributed by atoms with Crippen LogP contribution in [0.4, 0.5) is 11.6 Å². The molecule has 2 heterocycles. The molecule has 0 bridgehead atoms. The summed E-state index contributed by atoms with van der Waals surface area (Å²) in [6, 6.07) is 4.10. The second-order valence-electron chi connectivity index (χ2n) is 3.29. The molecule has 0 amide bonds. The van der Waals surface area contributed by atoms with Crippen molar-refractivity contribution in [2.45, 2.75) is 6.54 Å². The van der Waals surface area contributed by atoms with E-state index in [1.807, 2.05) is 11.4 Å². The largest absolute Gasteiger partial charge is 0.490 e. The Balaban J connectivity index is 2.14. The molecule has 17 heavy (non-hydrogen) atoms. The maximum Gasteiger partial charge on any atom is 0.204 e. The fraction of sp³-hybridized carbons (Fsp3) is 0.273. The van der Waals surface area contributed by atoms with Crippen molar-refractivity contribution in [3.8, 4) is 5.75 Å². The maximum absolute atomic E-state index is 5.29. The monoisotopic (exact) mass is 250 g/mol. The first-order valence-electron chi connectivity index (χ1n) is 5.18. The minimum Gasteiger partial charge on any atom is -0.490 e. The summed E-state index contributed by atoms with van der Waals surface area (Å²) < 4.78 is 5.29. The average Bonchev–Trinajstić information content (AvgIpc) is 2.88. The van der Waals surface area contributed by atoms with Crippen LogP contribution in [-0.2, 0) is 6.54 Å². The summed E-state index contributed by atoms with van der Waals surface area (Å²) in [7, 11) is 3.41. The van der Waals surface area contributed by atoms with Gasteiger partial charge in [-0.05, 0) is 11.4 Å². The molecule has 0 radical (unpaired) electrons. The fourth-order valence-corrected chi connectivity index (χ4v) is 2.10. The van der Waals surface area contributed by atoms with Crippen LogP contribution in [0.1, 0.15) is 4.88 Å². The number of hydrogen-bond acceptors (Lipinski definition) is 6. The predicted molar refractivity (Wildman–Crippen MR) is 69.8 cm³/mol. The van der Waals surface area contributed by atoms with Crippen molar-refractivity contribution in [1.29, 1.82) is 0 Å². The van der Waals surface area contributed by atoms with Gasteiger partial charge >= 0.3 is 0 Å². The molecular weight excluding hydrogens is 236 g/mol. The van der Waals surface area contributed by atoms with E-state index in [4.69, 9.17) is 4.74 Å². The smallest absolute Gasteiger partial charge is 0.204 e. The zero-order chi connectivity index (χ0) is 12.1. The molecule has 0 aliphatic carbocycles. The number of nitrogens with one attached hydrogen (secondary N) is 2. The van der Waals surface area contributed by atoms with Crippen LogP contribution in [0, 0.1) is 0 Å². The molecular formula is C11H14N4OS. The first-order valence-corrected chi connectivity index (χ1v) is 6.06. The van der Waals surface area contributed by atoms with Crippen LogP contribution in [0.2, 0.25) is 0 Å². The number of thiophene rings is 1. The van der Waals surface area contributed by atoms with Gasteiger partial charge in [0.2, 0.25) is 5.75 Å². The lowest BCUT2D eigenvalue weighted by molar-refractivity contribution is 0.415. The van der Waals surface area contributed by atoms with Crippen LogP contribution in [0.25, 0.3) is 0 Å². The third kappa shape index (κ3) is 2.65. The average molecular weight is 250 g/mol. The van der Waals surface area contributed by atoms with Crippen LogP contribution >= 0.6 is 11.3 Å². The van der Waals surface area contributed by atoms with E-state index in [2.05, 4.69) is 26.7 Å². The second kappa shape index (κ2) is 5.49. The Labute approximate surface area is 104 Å². The maximum atomic E-state index is 5.29. The van der Waals surface area contributed by atoms with Gasteiger partial charge in [-0.25, -0.2) is 9.97 Å². The quantitative estimate of drug-likeness (QED) is 0.852. The van der Waals surface area contributed by atoms with Crippen molar-refractivity contribution in [1.82, 2.24) is 9.97 Å². The lowest BCUT2D eigenvalue weighted by Crippen LogP contribution is -2.05. The van der Waals surface area contributed by atoms with E-state index >= 15 is 0 Å². The number of anilines is 2. The Kier molecular flexibility index (Phi) is 3.77. The van der Waals surface area contributed by atoms with E-state index in [1.54, 1.807) is 25.5 Å². The summed E-state index contributed by atoms with van der Waals surface area (Å²) >= 11 is 1.70. The van der Waals surface area contributed by atoms with Gasteiger partial charge in [0.25, 0.3) is 0 Å². The predicted octanol–water partition coefficient (Wildman–Crippen LogP) is 2.20. The van der Waals surface area contributed by atoms with Gasteiger partial charge in [-0.15, -0.1) is 11.3 Å². The Bertz CT molecular complexity index is 472. The zero-order valence-electron chi connectivity index (χ0n) is 9.73. The van der Waals surface area contributed by atoms with Crippen molar-refractivity contribution >= 4 is 23.0 Å².